The maximum Gasteiger partial charge on any atom is 0.416 e. The van der Waals surface area contributed by atoms with Crippen LogP contribution in [0.2, 0.25) is 0 Å². The summed E-state index contributed by atoms with van der Waals surface area (Å²) in [6, 6.07) is 13.3. The van der Waals surface area contributed by atoms with E-state index in [-0.39, 0.29) is 0 Å². The SMILES string of the molecule is COc1ccccc1N=C1C=C(c2ccc(C(F)(F)F)cc2)N2CCC[C@@H]2C1. The van der Waals surface area contributed by atoms with Crippen LogP contribution in [-0.2, 0) is 6.18 Å². The molecule has 3 nitrogen and oxygen atoms in total. The molecule has 0 N–H and O–H groups in total. The Hall–Kier alpha value is -2.76. The predicted octanol–water partition coefficient (Wildman–Crippen LogP) is 5.70. The molecule has 2 aliphatic heterocycles. The molecule has 146 valence electrons. The van der Waals surface area contributed by atoms with Crippen LogP contribution in [0.25, 0.3) is 5.70 Å². The van der Waals surface area contributed by atoms with Crippen LogP contribution in [0.4, 0.5) is 18.9 Å². The van der Waals surface area contributed by atoms with Crippen molar-refractivity contribution in [2.75, 3.05) is 13.7 Å². The summed E-state index contributed by atoms with van der Waals surface area (Å²) < 4.78 is 44.1. The van der Waals surface area contributed by atoms with Crippen LogP contribution >= 0.6 is 0 Å². The Labute approximate surface area is 162 Å². The molecule has 2 aromatic carbocycles. The number of fused-ring (bicyclic) bond motifs is 1. The van der Waals surface area contributed by atoms with Crippen LogP contribution in [0.15, 0.2) is 59.6 Å². The van der Waals surface area contributed by atoms with Crippen molar-refractivity contribution in [3.05, 3.63) is 65.7 Å². The first-order valence-corrected chi connectivity index (χ1v) is 9.32. The number of allylic oxidation sites excluding steroid dienone is 1. The maximum absolute atomic E-state index is 12.9. The van der Waals surface area contributed by atoms with Gasteiger partial charge in [0.25, 0.3) is 0 Å². The summed E-state index contributed by atoms with van der Waals surface area (Å²) >= 11 is 0. The molecular weight excluding hydrogens is 365 g/mol. The van der Waals surface area contributed by atoms with E-state index in [2.05, 4.69) is 4.90 Å². The summed E-state index contributed by atoms with van der Waals surface area (Å²) in [6.45, 7) is 0.916. The van der Waals surface area contributed by atoms with Gasteiger partial charge in [-0.1, -0.05) is 24.3 Å². The number of rotatable bonds is 3. The molecule has 28 heavy (non-hydrogen) atoms. The molecule has 0 unspecified atom stereocenters. The number of para-hydroxylation sites is 2. The number of methoxy groups -OCH3 is 1. The number of hydrogen-bond acceptors (Lipinski definition) is 3. The van der Waals surface area contributed by atoms with Gasteiger partial charge in [-0.25, -0.2) is 4.99 Å². The highest BCUT2D eigenvalue weighted by Crippen LogP contribution is 2.37. The summed E-state index contributed by atoms with van der Waals surface area (Å²) in [4.78, 5) is 7.09. The Balaban J connectivity index is 1.72. The molecule has 2 heterocycles. The number of ether oxygens (including phenoxy) is 1. The van der Waals surface area contributed by atoms with Gasteiger partial charge < -0.3 is 9.64 Å². The van der Waals surface area contributed by atoms with Gasteiger partial charge in [0.2, 0.25) is 0 Å². The Morgan fingerprint density at radius 2 is 1.82 bits per heavy atom. The van der Waals surface area contributed by atoms with Gasteiger partial charge in [-0.05, 0) is 48.7 Å². The third kappa shape index (κ3) is 3.63. The number of nitrogens with zero attached hydrogens (tertiary/aromatic N) is 2. The predicted molar refractivity (Wildman–Crippen MR) is 104 cm³/mol. The summed E-state index contributed by atoms with van der Waals surface area (Å²) in [6.07, 6.45) is 0.624. The van der Waals surface area contributed by atoms with Gasteiger partial charge in [0.15, 0.2) is 0 Å². The minimum absolute atomic E-state index is 0.329. The van der Waals surface area contributed by atoms with Crippen LogP contribution < -0.4 is 4.74 Å². The van der Waals surface area contributed by atoms with Crippen molar-refractivity contribution < 1.29 is 17.9 Å². The van der Waals surface area contributed by atoms with Gasteiger partial charge in [-0.15, -0.1) is 0 Å². The Morgan fingerprint density at radius 1 is 1.07 bits per heavy atom. The van der Waals surface area contributed by atoms with E-state index in [1.165, 1.54) is 0 Å². The molecule has 0 spiro atoms. The van der Waals surface area contributed by atoms with E-state index in [0.29, 0.717) is 11.8 Å². The Bertz CT molecular complexity index is 916. The van der Waals surface area contributed by atoms with Gasteiger partial charge >= 0.3 is 6.18 Å². The van der Waals surface area contributed by atoms with E-state index >= 15 is 0 Å². The van der Waals surface area contributed by atoms with E-state index in [0.717, 1.165) is 60.6 Å². The number of alkyl halides is 3. The number of aliphatic imine (C=N–C) groups is 1. The van der Waals surface area contributed by atoms with E-state index in [4.69, 9.17) is 9.73 Å². The van der Waals surface area contributed by atoms with Crippen LogP contribution in [0, 0.1) is 0 Å². The zero-order chi connectivity index (χ0) is 19.7. The maximum atomic E-state index is 12.9. The fraction of sp³-hybridized carbons (Fsp3) is 0.318. The zero-order valence-corrected chi connectivity index (χ0v) is 15.5. The first-order chi connectivity index (χ1) is 13.5. The lowest BCUT2D eigenvalue weighted by molar-refractivity contribution is -0.137. The van der Waals surface area contributed by atoms with E-state index in [1.54, 1.807) is 19.2 Å². The number of benzene rings is 2. The molecule has 1 saturated heterocycles. The van der Waals surface area contributed by atoms with Crippen LogP contribution in [0.3, 0.4) is 0 Å². The van der Waals surface area contributed by atoms with Crippen LogP contribution in [0.5, 0.6) is 5.75 Å². The molecule has 0 aliphatic carbocycles. The molecule has 4 rings (SSSR count). The smallest absolute Gasteiger partial charge is 0.416 e. The summed E-state index contributed by atoms with van der Waals surface area (Å²) in [5, 5.41) is 0. The largest absolute Gasteiger partial charge is 0.494 e. The molecule has 1 atom stereocenters. The molecule has 1 fully saturated rings. The average molecular weight is 386 g/mol. The van der Waals surface area contributed by atoms with Crippen LogP contribution in [0.1, 0.15) is 30.4 Å². The first kappa shape index (κ1) is 18.6. The molecule has 2 aliphatic rings. The lowest BCUT2D eigenvalue weighted by atomic mass is 9.97. The minimum Gasteiger partial charge on any atom is -0.494 e. The van der Waals surface area contributed by atoms with Gasteiger partial charge in [0.05, 0.1) is 12.7 Å². The van der Waals surface area contributed by atoms with Gasteiger partial charge in [0.1, 0.15) is 11.4 Å². The molecule has 6 heteroatoms. The summed E-state index contributed by atoms with van der Waals surface area (Å²) in [5.74, 6) is 0.702. The van der Waals surface area contributed by atoms with Crippen molar-refractivity contribution in [3.8, 4) is 5.75 Å². The van der Waals surface area contributed by atoms with Crippen molar-refractivity contribution in [2.45, 2.75) is 31.5 Å². The van der Waals surface area contributed by atoms with Crippen molar-refractivity contribution in [2.24, 2.45) is 4.99 Å². The molecular formula is C22H21F3N2O. The summed E-state index contributed by atoms with van der Waals surface area (Å²) in [5.41, 5.74) is 2.77. The monoisotopic (exact) mass is 386 g/mol. The highest BCUT2D eigenvalue weighted by Gasteiger charge is 2.33. The second kappa shape index (κ2) is 7.34. The second-order valence-corrected chi connectivity index (χ2v) is 7.07. The van der Waals surface area contributed by atoms with Crippen molar-refractivity contribution in [1.82, 2.24) is 4.90 Å². The molecule has 2 aromatic rings. The third-order valence-electron chi connectivity index (χ3n) is 5.29. The fourth-order valence-electron chi connectivity index (χ4n) is 3.94. The van der Waals surface area contributed by atoms with E-state index < -0.39 is 11.7 Å². The van der Waals surface area contributed by atoms with Crippen molar-refractivity contribution in [1.29, 1.82) is 0 Å². The molecule has 0 aromatic heterocycles. The molecule has 0 saturated carbocycles. The Morgan fingerprint density at radius 3 is 2.54 bits per heavy atom. The fourth-order valence-corrected chi connectivity index (χ4v) is 3.94. The quantitative estimate of drug-likeness (QED) is 0.676. The van der Waals surface area contributed by atoms with E-state index in [1.807, 2.05) is 30.3 Å². The third-order valence-corrected chi connectivity index (χ3v) is 5.29. The Kier molecular flexibility index (Phi) is 4.87. The second-order valence-electron chi connectivity index (χ2n) is 7.07. The lowest BCUT2D eigenvalue weighted by Gasteiger charge is -2.33. The zero-order valence-electron chi connectivity index (χ0n) is 15.5. The highest BCUT2D eigenvalue weighted by atomic mass is 19.4. The molecule has 0 amide bonds. The van der Waals surface area contributed by atoms with E-state index in [9.17, 15) is 13.2 Å². The van der Waals surface area contributed by atoms with Crippen molar-refractivity contribution in [3.63, 3.8) is 0 Å². The number of halogens is 3. The normalized spacial score (nSPS) is 20.9. The number of hydrogen-bond donors (Lipinski definition) is 0. The molecule has 0 radical (unpaired) electrons. The van der Waals surface area contributed by atoms with Crippen LogP contribution in [-0.4, -0.2) is 30.3 Å². The molecule has 0 bridgehead atoms. The standard InChI is InChI=1S/C22H21F3N2O/c1-28-21-7-3-2-6-19(21)26-17-13-18-5-4-12-27(18)20(14-17)15-8-10-16(11-9-15)22(23,24)25/h2-3,6-11,14,18H,4-5,12-13H2,1H3/t18-/m1/s1. The minimum atomic E-state index is -4.33. The summed E-state index contributed by atoms with van der Waals surface area (Å²) in [7, 11) is 1.61. The van der Waals surface area contributed by atoms with Gasteiger partial charge in [-0.3, -0.25) is 0 Å². The topological polar surface area (TPSA) is 24.8 Å². The van der Waals surface area contributed by atoms with Crippen molar-refractivity contribution >= 4 is 17.1 Å². The lowest BCUT2D eigenvalue weighted by Crippen LogP contribution is -2.33. The average Bonchev–Trinajstić information content (AvgIpc) is 3.16. The first-order valence-electron chi connectivity index (χ1n) is 9.32. The van der Waals surface area contributed by atoms with Gasteiger partial charge in [-0.2, -0.15) is 13.2 Å². The van der Waals surface area contributed by atoms with Gasteiger partial charge in [0, 0.05) is 30.4 Å². The highest BCUT2D eigenvalue weighted by molar-refractivity contribution is 6.04.